The Balaban J connectivity index is 1.79. The molecule has 0 amide bonds. The number of alkyl halides is 3. The van der Waals surface area contributed by atoms with Gasteiger partial charge in [0.25, 0.3) is 0 Å². The highest BCUT2D eigenvalue weighted by atomic mass is 32.1. The van der Waals surface area contributed by atoms with Crippen LogP contribution in [0.1, 0.15) is 49.3 Å². The Morgan fingerprint density at radius 3 is 2.29 bits per heavy atom. The lowest BCUT2D eigenvalue weighted by Crippen LogP contribution is -2.05. The summed E-state index contributed by atoms with van der Waals surface area (Å²) in [6, 6.07) is 5.26. The molecule has 1 aromatic carbocycles. The van der Waals surface area contributed by atoms with E-state index in [9.17, 15) is 13.2 Å². The molecule has 0 unspecified atom stereocenters. The van der Waals surface area contributed by atoms with E-state index >= 15 is 0 Å². The molecule has 5 heteroatoms. The standard InChI is InChI=1S/C16H16F3NS/c17-16(18,19)13-8-6-12(7-9-13)15-20-14(10-21-15)11-4-2-1-3-5-11/h6-11H,1-5H2. The smallest absolute Gasteiger partial charge is 0.241 e. The van der Waals surface area contributed by atoms with Gasteiger partial charge in [-0.2, -0.15) is 13.2 Å². The first kappa shape index (κ1) is 14.6. The number of rotatable bonds is 2. The van der Waals surface area contributed by atoms with E-state index in [1.807, 2.05) is 0 Å². The van der Waals surface area contributed by atoms with Crippen molar-refractivity contribution in [3.05, 3.63) is 40.9 Å². The van der Waals surface area contributed by atoms with Crippen molar-refractivity contribution in [2.45, 2.75) is 44.2 Å². The SMILES string of the molecule is FC(F)(F)c1ccc(-c2nc(C3CCCCC3)cs2)cc1. The summed E-state index contributed by atoms with van der Waals surface area (Å²) in [6.45, 7) is 0. The molecule has 21 heavy (non-hydrogen) atoms. The highest BCUT2D eigenvalue weighted by molar-refractivity contribution is 7.13. The van der Waals surface area contributed by atoms with Crippen LogP contribution in [0.5, 0.6) is 0 Å². The fraction of sp³-hybridized carbons (Fsp3) is 0.438. The second-order valence-corrected chi connectivity index (χ2v) is 6.35. The summed E-state index contributed by atoms with van der Waals surface area (Å²) in [4.78, 5) is 4.63. The zero-order valence-electron chi connectivity index (χ0n) is 11.5. The van der Waals surface area contributed by atoms with Gasteiger partial charge in [0.1, 0.15) is 5.01 Å². The van der Waals surface area contributed by atoms with E-state index in [1.165, 1.54) is 55.6 Å². The van der Waals surface area contributed by atoms with E-state index in [0.29, 0.717) is 5.92 Å². The van der Waals surface area contributed by atoms with Gasteiger partial charge in [-0.25, -0.2) is 4.98 Å². The van der Waals surface area contributed by atoms with Crippen molar-refractivity contribution in [3.63, 3.8) is 0 Å². The van der Waals surface area contributed by atoms with Crippen molar-refractivity contribution in [1.82, 2.24) is 4.98 Å². The molecule has 0 bridgehead atoms. The Bertz CT molecular complexity index is 595. The summed E-state index contributed by atoms with van der Waals surface area (Å²) in [6.07, 6.45) is 1.86. The maximum absolute atomic E-state index is 12.6. The molecule has 0 spiro atoms. The van der Waals surface area contributed by atoms with E-state index in [4.69, 9.17) is 0 Å². The van der Waals surface area contributed by atoms with Crippen LogP contribution < -0.4 is 0 Å². The second-order valence-electron chi connectivity index (χ2n) is 5.49. The van der Waals surface area contributed by atoms with Gasteiger partial charge in [-0.15, -0.1) is 11.3 Å². The topological polar surface area (TPSA) is 12.9 Å². The van der Waals surface area contributed by atoms with Crippen LogP contribution in [-0.4, -0.2) is 4.98 Å². The highest BCUT2D eigenvalue weighted by Gasteiger charge is 2.30. The Kier molecular flexibility index (Phi) is 4.02. The average Bonchev–Trinajstić information content (AvgIpc) is 2.97. The molecule has 1 saturated carbocycles. The van der Waals surface area contributed by atoms with E-state index in [1.54, 1.807) is 0 Å². The van der Waals surface area contributed by atoms with Crippen LogP contribution in [0.4, 0.5) is 13.2 Å². The maximum atomic E-state index is 12.6. The van der Waals surface area contributed by atoms with Crippen molar-refractivity contribution in [2.24, 2.45) is 0 Å². The van der Waals surface area contributed by atoms with Crippen LogP contribution in [0.3, 0.4) is 0 Å². The first-order chi connectivity index (χ1) is 10.0. The van der Waals surface area contributed by atoms with E-state index < -0.39 is 11.7 Å². The normalized spacial score (nSPS) is 17.1. The molecule has 0 aliphatic heterocycles. The third kappa shape index (κ3) is 3.28. The lowest BCUT2D eigenvalue weighted by atomic mass is 9.87. The van der Waals surface area contributed by atoms with Gasteiger partial charge in [0.15, 0.2) is 0 Å². The molecular weight excluding hydrogens is 295 g/mol. The fourth-order valence-electron chi connectivity index (χ4n) is 2.81. The zero-order valence-corrected chi connectivity index (χ0v) is 12.3. The predicted molar refractivity (Wildman–Crippen MR) is 78.4 cm³/mol. The number of halogens is 3. The van der Waals surface area contributed by atoms with Crippen LogP contribution in [0.25, 0.3) is 10.6 Å². The lowest BCUT2D eigenvalue weighted by molar-refractivity contribution is -0.137. The first-order valence-corrected chi connectivity index (χ1v) is 8.05. The predicted octanol–water partition coefficient (Wildman–Crippen LogP) is 5.88. The van der Waals surface area contributed by atoms with Gasteiger partial charge in [-0.3, -0.25) is 0 Å². The molecule has 0 atom stereocenters. The van der Waals surface area contributed by atoms with Gasteiger partial charge in [0, 0.05) is 16.9 Å². The number of hydrogen-bond donors (Lipinski definition) is 0. The van der Waals surface area contributed by atoms with Gasteiger partial charge in [0.2, 0.25) is 0 Å². The first-order valence-electron chi connectivity index (χ1n) is 7.17. The van der Waals surface area contributed by atoms with Crippen LogP contribution in [-0.2, 0) is 6.18 Å². The van der Waals surface area contributed by atoms with Crippen LogP contribution >= 0.6 is 11.3 Å². The van der Waals surface area contributed by atoms with E-state index in [0.717, 1.165) is 28.4 Å². The quantitative estimate of drug-likeness (QED) is 0.675. The monoisotopic (exact) mass is 311 g/mol. The largest absolute Gasteiger partial charge is 0.416 e. The molecule has 1 aromatic heterocycles. The molecule has 0 saturated heterocycles. The molecule has 112 valence electrons. The van der Waals surface area contributed by atoms with Gasteiger partial charge in [-0.05, 0) is 25.0 Å². The van der Waals surface area contributed by atoms with Gasteiger partial charge in [-0.1, -0.05) is 31.4 Å². The summed E-state index contributed by atoms with van der Waals surface area (Å²) in [5.74, 6) is 0.526. The molecule has 1 aliphatic carbocycles. The average molecular weight is 311 g/mol. The van der Waals surface area contributed by atoms with Crippen molar-refractivity contribution >= 4 is 11.3 Å². The molecule has 0 N–H and O–H groups in total. The van der Waals surface area contributed by atoms with Crippen LogP contribution in [0.2, 0.25) is 0 Å². The fourth-order valence-corrected chi connectivity index (χ4v) is 3.71. The molecule has 1 fully saturated rings. The summed E-state index contributed by atoms with van der Waals surface area (Å²) in [7, 11) is 0. The van der Waals surface area contributed by atoms with Crippen molar-refractivity contribution in [2.75, 3.05) is 0 Å². The number of thiazole rings is 1. The summed E-state index contributed by atoms with van der Waals surface area (Å²) < 4.78 is 37.7. The van der Waals surface area contributed by atoms with Crippen LogP contribution in [0.15, 0.2) is 29.6 Å². The minimum Gasteiger partial charge on any atom is -0.241 e. The van der Waals surface area contributed by atoms with Gasteiger partial charge < -0.3 is 0 Å². The summed E-state index contributed by atoms with van der Waals surface area (Å²) in [5.41, 5.74) is 1.25. The van der Waals surface area contributed by atoms with Crippen molar-refractivity contribution in [1.29, 1.82) is 0 Å². The molecule has 1 nitrogen and oxygen atoms in total. The molecule has 0 radical (unpaired) electrons. The molecule has 1 heterocycles. The van der Waals surface area contributed by atoms with Crippen molar-refractivity contribution in [3.8, 4) is 10.6 Å². The Labute approximate surface area is 125 Å². The highest BCUT2D eigenvalue weighted by Crippen LogP contribution is 2.36. The third-order valence-electron chi connectivity index (χ3n) is 4.00. The molecule has 1 aliphatic rings. The molecular formula is C16H16F3NS. The van der Waals surface area contributed by atoms with Gasteiger partial charge >= 0.3 is 6.18 Å². The second kappa shape index (κ2) is 5.79. The van der Waals surface area contributed by atoms with Gasteiger partial charge in [0.05, 0.1) is 11.3 Å². The number of aromatic nitrogens is 1. The zero-order chi connectivity index (χ0) is 14.9. The Hall–Kier alpha value is -1.36. The minimum atomic E-state index is -4.28. The number of hydrogen-bond acceptors (Lipinski definition) is 2. The van der Waals surface area contributed by atoms with E-state index in [2.05, 4.69) is 10.4 Å². The minimum absolute atomic E-state index is 0.526. The molecule has 3 rings (SSSR count). The molecule has 2 aromatic rings. The van der Waals surface area contributed by atoms with Crippen LogP contribution in [0, 0.1) is 0 Å². The third-order valence-corrected chi connectivity index (χ3v) is 4.91. The number of nitrogens with zero attached hydrogens (tertiary/aromatic N) is 1. The van der Waals surface area contributed by atoms with Crippen molar-refractivity contribution < 1.29 is 13.2 Å². The maximum Gasteiger partial charge on any atom is 0.416 e. The van der Waals surface area contributed by atoms with E-state index in [-0.39, 0.29) is 0 Å². The number of benzene rings is 1. The summed E-state index contributed by atoms with van der Waals surface area (Å²) >= 11 is 1.52. The lowest BCUT2D eigenvalue weighted by Gasteiger charge is -2.19. The Morgan fingerprint density at radius 1 is 1.00 bits per heavy atom. The Morgan fingerprint density at radius 2 is 1.67 bits per heavy atom. The summed E-state index contributed by atoms with van der Waals surface area (Å²) in [5, 5.41) is 2.87.